The molecule has 1 rings (SSSR count). The number of nitrogens with one attached hydrogen (secondary N) is 1. The third-order valence-electron chi connectivity index (χ3n) is 3.39. The first-order valence-electron chi connectivity index (χ1n) is 7.33. The SMILES string of the molecule is C#Cc1cc(F)c(NC(=O)CC(O)(CCC)CCC)c(F)c1. The van der Waals surface area contributed by atoms with Crippen molar-refractivity contribution in [3.63, 3.8) is 0 Å². The quantitative estimate of drug-likeness (QED) is 0.756. The highest BCUT2D eigenvalue weighted by atomic mass is 19.1. The highest BCUT2D eigenvalue weighted by Gasteiger charge is 2.28. The molecule has 0 saturated carbocycles. The van der Waals surface area contributed by atoms with E-state index in [1.165, 1.54) is 0 Å². The number of anilines is 1. The molecule has 22 heavy (non-hydrogen) atoms. The average Bonchev–Trinajstić information content (AvgIpc) is 2.42. The number of amides is 1. The number of carbonyl (C=O) groups excluding carboxylic acids is 1. The molecule has 3 nitrogen and oxygen atoms in total. The van der Waals surface area contributed by atoms with Gasteiger partial charge in [0.1, 0.15) is 5.69 Å². The number of halogens is 2. The van der Waals surface area contributed by atoms with Crippen LogP contribution in [0, 0.1) is 24.0 Å². The standard InChI is InChI=1S/C17H21F2NO2/c1-4-7-17(22,8-5-2)11-15(21)20-16-13(18)9-12(6-3)10-14(16)19/h3,9-10,22H,4-5,7-8,11H2,1-2H3,(H,20,21). The second-order valence-corrected chi connectivity index (χ2v) is 5.41. The number of hydrogen-bond donors (Lipinski definition) is 2. The van der Waals surface area contributed by atoms with E-state index in [1.54, 1.807) is 0 Å². The Balaban J connectivity index is 2.87. The van der Waals surface area contributed by atoms with E-state index in [2.05, 4.69) is 11.2 Å². The van der Waals surface area contributed by atoms with Gasteiger partial charge in [-0.3, -0.25) is 4.79 Å². The number of benzene rings is 1. The van der Waals surface area contributed by atoms with E-state index in [0.717, 1.165) is 12.1 Å². The maximum absolute atomic E-state index is 13.8. The Morgan fingerprint density at radius 3 is 2.18 bits per heavy atom. The molecule has 0 atom stereocenters. The first kappa shape index (κ1) is 18.1. The van der Waals surface area contributed by atoms with E-state index in [1.807, 2.05) is 13.8 Å². The minimum atomic E-state index is -1.15. The maximum Gasteiger partial charge on any atom is 0.227 e. The summed E-state index contributed by atoms with van der Waals surface area (Å²) in [6.45, 7) is 3.80. The summed E-state index contributed by atoms with van der Waals surface area (Å²) in [5.74, 6) is -0.370. The molecule has 120 valence electrons. The van der Waals surface area contributed by atoms with Gasteiger partial charge in [-0.05, 0) is 25.0 Å². The van der Waals surface area contributed by atoms with Gasteiger partial charge in [0, 0.05) is 5.56 Å². The van der Waals surface area contributed by atoms with E-state index in [0.29, 0.717) is 25.7 Å². The van der Waals surface area contributed by atoms with Crippen LogP contribution >= 0.6 is 0 Å². The molecule has 0 radical (unpaired) electrons. The van der Waals surface area contributed by atoms with Crippen molar-refractivity contribution in [3.8, 4) is 12.3 Å². The predicted molar refractivity (Wildman–Crippen MR) is 82.3 cm³/mol. The van der Waals surface area contributed by atoms with E-state index in [9.17, 15) is 18.7 Å². The van der Waals surface area contributed by atoms with Crippen LogP contribution in [0.5, 0.6) is 0 Å². The van der Waals surface area contributed by atoms with E-state index < -0.39 is 28.8 Å². The fraction of sp³-hybridized carbons (Fsp3) is 0.471. The number of aliphatic hydroxyl groups is 1. The van der Waals surface area contributed by atoms with Crippen molar-refractivity contribution in [3.05, 3.63) is 29.3 Å². The molecule has 0 unspecified atom stereocenters. The fourth-order valence-electron chi connectivity index (χ4n) is 2.49. The minimum Gasteiger partial charge on any atom is -0.389 e. The fourth-order valence-corrected chi connectivity index (χ4v) is 2.49. The van der Waals surface area contributed by atoms with Crippen LogP contribution in [0.2, 0.25) is 0 Å². The molecule has 1 amide bonds. The minimum absolute atomic E-state index is 0.0569. The molecule has 0 aliphatic rings. The van der Waals surface area contributed by atoms with Crippen LogP contribution in [-0.4, -0.2) is 16.6 Å². The highest BCUT2D eigenvalue weighted by Crippen LogP contribution is 2.26. The smallest absolute Gasteiger partial charge is 0.227 e. The second kappa shape index (κ2) is 7.90. The van der Waals surface area contributed by atoms with Gasteiger partial charge in [-0.2, -0.15) is 0 Å². The van der Waals surface area contributed by atoms with E-state index in [-0.39, 0.29) is 12.0 Å². The third kappa shape index (κ3) is 4.81. The van der Waals surface area contributed by atoms with Gasteiger partial charge in [-0.15, -0.1) is 6.42 Å². The molecule has 0 aliphatic carbocycles. The lowest BCUT2D eigenvalue weighted by Gasteiger charge is -2.26. The Morgan fingerprint density at radius 1 is 1.27 bits per heavy atom. The number of hydrogen-bond acceptors (Lipinski definition) is 2. The zero-order valence-corrected chi connectivity index (χ0v) is 12.9. The Morgan fingerprint density at radius 2 is 1.77 bits per heavy atom. The lowest BCUT2D eigenvalue weighted by atomic mass is 9.89. The molecule has 0 aromatic heterocycles. The zero-order chi connectivity index (χ0) is 16.8. The predicted octanol–water partition coefficient (Wildman–Crippen LogP) is 3.61. The third-order valence-corrected chi connectivity index (χ3v) is 3.39. The van der Waals surface area contributed by atoms with Crippen LogP contribution in [0.25, 0.3) is 0 Å². The van der Waals surface area contributed by atoms with Crippen LogP contribution in [0.15, 0.2) is 12.1 Å². The summed E-state index contributed by atoms with van der Waals surface area (Å²) in [6, 6.07) is 1.95. The molecule has 5 heteroatoms. The van der Waals surface area contributed by atoms with Gasteiger partial charge in [-0.1, -0.05) is 32.6 Å². The van der Waals surface area contributed by atoms with Crippen molar-refractivity contribution in [2.75, 3.05) is 5.32 Å². The summed E-state index contributed by atoms with van der Waals surface area (Å²) in [6.07, 6.45) is 7.21. The van der Waals surface area contributed by atoms with Crippen LogP contribution in [0.3, 0.4) is 0 Å². The summed E-state index contributed by atoms with van der Waals surface area (Å²) in [5, 5.41) is 12.6. The molecule has 0 aliphatic heterocycles. The van der Waals surface area contributed by atoms with Crippen LogP contribution < -0.4 is 5.32 Å². The Hall–Kier alpha value is -1.93. The van der Waals surface area contributed by atoms with Gasteiger partial charge in [0.05, 0.1) is 12.0 Å². The normalized spacial score (nSPS) is 11.1. The molecule has 0 fully saturated rings. The van der Waals surface area contributed by atoms with Crippen molar-refractivity contribution in [1.29, 1.82) is 0 Å². The molecular formula is C17H21F2NO2. The molecule has 2 N–H and O–H groups in total. The summed E-state index contributed by atoms with van der Waals surface area (Å²) in [5.41, 5.74) is -1.64. The van der Waals surface area contributed by atoms with Crippen molar-refractivity contribution < 1.29 is 18.7 Å². The maximum atomic E-state index is 13.8. The molecule has 0 heterocycles. The molecular weight excluding hydrogens is 288 g/mol. The zero-order valence-electron chi connectivity index (χ0n) is 12.9. The average molecular weight is 309 g/mol. The Kier molecular flexibility index (Phi) is 6.51. The van der Waals surface area contributed by atoms with Gasteiger partial charge in [0.2, 0.25) is 5.91 Å². The van der Waals surface area contributed by atoms with Crippen molar-refractivity contribution >= 4 is 11.6 Å². The Bertz CT molecular complexity index is 550. The monoisotopic (exact) mass is 309 g/mol. The van der Waals surface area contributed by atoms with Gasteiger partial charge in [-0.25, -0.2) is 8.78 Å². The first-order chi connectivity index (χ1) is 10.3. The van der Waals surface area contributed by atoms with Gasteiger partial charge >= 0.3 is 0 Å². The molecule has 1 aromatic rings. The molecule has 0 bridgehead atoms. The van der Waals surface area contributed by atoms with Crippen molar-refractivity contribution in [1.82, 2.24) is 0 Å². The van der Waals surface area contributed by atoms with Crippen molar-refractivity contribution in [2.45, 2.75) is 51.6 Å². The summed E-state index contributed by atoms with van der Waals surface area (Å²) in [7, 11) is 0. The molecule has 0 saturated heterocycles. The number of terminal acetylenes is 1. The van der Waals surface area contributed by atoms with Crippen LogP contribution in [0.4, 0.5) is 14.5 Å². The van der Waals surface area contributed by atoms with E-state index in [4.69, 9.17) is 6.42 Å². The Labute approximate surface area is 129 Å². The number of rotatable bonds is 7. The van der Waals surface area contributed by atoms with E-state index >= 15 is 0 Å². The number of carbonyl (C=O) groups is 1. The highest BCUT2D eigenvalue weighted by molar-refractivity contribution is 5.91. The van der Waals surface area contributed by atoms with Crippen LogP contribution in [-0.2, 0) is 4.79 Å². The van der Waals surface area contributed by atoms with Gasteiger partial charge in [0.15, 0.2) is 11.6 Å². The van der Waals surface area contributed by atoms with Gasteiger partial charge in [0.25, 0.3) is 0 Å². The van der Waals surface area contributed by atoms with Crippen LogP contribution in [0.1, 0.15) is 51.5 Å². The summed E-state index contributed by atoms with van der Waals surface area (Å²) < 4.78 is 27.5. The summed E-state index contributed by atoms with van der Waals surface area (Å²) in [4.78, 5) is 12.0. The first-order valence-corrected chi connectivity index (χ1v) is 7.33. The molecule has 1 aromatic carbocycles. The van der Waals surface area contributed by atoms with Gasteiger partial charge < -0.3 is 10.4 Å². The lowest BCUT2D eigenvalue weighted by molar-refractivity contribution is -0.121. The topological polar surface area (TPSA) is 49.3 Å². The largest absolute Gasteiger partial charge is 0.389 e. The van der Waals surface area contributed by atoms with Crippen molar-refractivity contribution in [2.24, 2.45) is 0 Å². The summed E-state index contributed by atoms with van der Waals surface area (Å²) >= 11 is 0. The lowest BCUT2D eigenvalue weighted by Crippen LogP contribution is -2.34. The second-order valence-electron chi connectivity index (χ2n) is 5.41. The molecule has 0 spiro atoms.